The second-order valence-electron chi connectivity index (χ2n) is 7.20. The first kappa shape index (κ1) is 16.8. The largest absolute Gasteiger partial charge is 0.444 e. The van der Waals surface area contributed by atoms with E-state index in [9.17, 15) is 4.79 Å². The van der Waals surface area contributed by atoms with Gasteiger partial charge in [0.05, 0.1) is 24.3 Å². The van der Waals surface area contributed by atoms with Crippen molar-refractivity contribution < 1.29 is 9.53 Å². The summed E-state index contributed by atoms with van der Waals surface area (Å²) in [7, 11) is 0. The minimum atomic E-state index is -0.479. The van der Waals surface area contributed by atoms with E-state index in [-0.39, 0.29) is 12.1 Å². The molecule has 5 nitrogen and oxygen atoms in total. The van der Waals surface area contributed by atoms with Crippen LogP contribution in [0.25, 0.3) is 0 Å². The number of carbonyl (C=O) groups is 1. The number of hydrogen-bond donors (Lipinski definition) is 1. The zero-order valence-corrected chi connectivity index (χ0v) is 14.3. The van der Waals surface area contributed by atoms with Gasteiger partial charge in [-0.25, -0.2) is 9.78 Å². The number of nitrogens with zero attached hydrogens (tertiary/aromatic N) is 2. The first-order valence-corrected chi connectivity index (χ1v) is 8.38. The minimum absolute atomic E-state index is 0.0572. The van der Waals surface area contributed by atoms with Gasteiger partial charge >= 0.3 is 6.09 Å². The van der Waals surface area contributed by atoms with E-state index in [1.165, 1.54) is 25.7 Å². The van der Waals surface area contributed by atoms with E-state index >= 15 is 0 Å². The number of nitrogens with one attached hydrogen (secondary N) is 1. The van der Waals surface area contributed by atoms with Gasteiger partial charge in [0.2, 0.25) is 0 Å². The van der Waals surface area contributed by atoms with Crippen LogP contribution >= 0.6 is 0 Å². The van der Waals surface area contributed by atoms with Crippen LogP contribution in [0.3, 0.4) is 0 Å². The number of amides is 1. The third-order valence-corrected chi connectivity index (χ3v) is 3.91. The number of aromatic nitrogens is 2. The highest BCUT2D eigenvalue weighted by molar-refractivity contribution is 5.68. The van der Waals surface area contributed by atoms with Crippen LogP contribution in [0.4, 0.5) is 4.79 Å². The molecule has 1 amide bonds. The van der Waals surface area contributed by atoms with Crippen molar-refractivity contribution in [3.05, 3.63) is 18.2 Å². The summed E-state index contributed by atoms with van der Waals surface area (Å²) in [5.74, 6) is 0.953. The van der Waals surface area contributed by atoms with E-state index in [1.54, 1.807) is 0 Å². The molecule has 1 aromatic heterocycles. The number of aryl methyl sites for hydroxylation is 1. The Balaban J connectivity index is 1.91. The van der Waals surface area contributed by atoms with Crippen molar-refractivity contribution in [2.24, 2.45) is 5.92 Å². The van der Waals surface area contributed by atoms with Gasteiger partial charge < -0.3 is 14.6 Å². The maximum absolute atomic E-state index is 12.0. The Morgan fingerprint density at radius 1 is 1.50 bits per heavy atom. The van der Waals surface area contributed by atoms with Crippen molar-refractivity contribution in [3.63, 3.8) is 0 Å². The molecule has 0 aliphatic heterocycles. The standard InChI is InChI=1S/C17H29N3O2/c1-5-14(19-16(21)22-17(2,3)4)15-11-18-12-20(15)10-6-7-13-8-9-13/h11-14H,5-10H2,1-4H3,(H,19,21)/t14-/m1/s1. The molecule has 2 rings (SSSR count). The monoisotopic (exact) mass is 307 g/mol. The normalized spacial score (nSPS) is 16.4. The molecule has 124 valence electrons. The number of carbonyl (C=O) groups excluding carboxylic acids is 1. The van der Waals surface area contributed by atoms with Crippen LogP contribution in [-0.2, 0) is 11.3 Å². The quantitative estimate of drug-likeness (QED) is 0.826. The zero-order valence-electron chi connectivity index (χ0n) is 14.3. The summed E-state index contributed by atoms with van der Waals surface area (Å²) >= 11 is 0. The molecule has 0 aromatic carbocycles. The lowest BCUT2D eigenvalue weighted by Crippen LogP contribution is -2.35. The topological polar surface area (TPSA) is 56.1 Å². The first-order valence-electron chi connectivity index (χ1n) is 8.38. The smallest absolute Gasteiger partial charge is 0.408 e. The van der Waals surface area contributed by atoms with Crippen molar-refractivity contribution in [1.82, 2.24) is 14.9 Å². The van der Waals surface area contributed by atoms with E-state index in [4.69, 9.17) is 4.74 Å². The van der Waals surface area contributed by atoms with Gasteiger partial charge in [0.15, 0.2) is 0 Å². The van der Waals surface area contributed by atoms with Gasteiger partial charge in [-0.2, -0.15) is 0 Å². The molecule has 1 aromatic rings. The lowest BCUT2D eigenvalue weighted by atomic mass is 10.1. The Hall–Kier alpha value is -1.52. The average Bonchev–Trinajstić information content (AvgIpc) is 3.11. The lowest BCUT2D eigenvalue weighted by molar-refractivity contribution is 0.0500. The molecule has 0 unspecified atom stereocenters. The molecule has 0 bridgehead atoms. The van der Waals surface area contributed by atoms with Gasteiger partial charge in [0.1, 0.15) is 5.60 Å². The minimum Gasteiger partial charge on any atom is -0.444 e. The highest BCUT2D eigenvalue weighted by Crippen LogP contribution is 2.33. The molecule has 1 heterocycles. The summed E-state index contributed by atoms with van der Waals surface area (Å²) in [4.78, 5) is 16.2. The predicted octanol–water partition coefficient (Wildman–Crippen LogP) is 4.05. The maximum atomic E-state index is 12.0. The summed E-state index contributed by atoms with van der Waals surface area (Å²) in [6, 6.07) is -0.0572. The Labute approximate surface area is 133 Å². The summed E-state index contributed by atoms with van der Waals surface area (Å²) in [6.45, 7) is 8.64. The van der Waals surface area contributed by atoms with E-state index in [0.29, 0.717) is 0 Å². The molecule has 1 saturated carbocycles. The molecule has 1 fully saturated rings. The third kappa shape index (κ3) is 5.35. The Morgan fingerprint density at radius 2 is 2.23 bits per heavy atom. The summed E-state index contributed by atoms with van der Waals surface area (Å²) in [5, 5.41) is 2.96. The van der Waals surface area contributed by atoms with Crippen molar-refractivity contribution in [2.75, 3.05) is 0 Å². The van der Waals surface area contributed by atoms with Crippen LogP contribution < -0.4 is 5.32 Å². The maximum Gasteiger partial charge on any atom is 0.408 e. The van der Waals surface area contributed by atoms with Gasteiger partial charge in [-0.05, 0) is 46.0 Å². The van der Waals surface area contributed by atoms with E-state index in [2.05, 4.69) is 21.8 Å². The lowest BCUT2D eigenvalue weighted by Gasteiger charge is -2.23. The summed E-state index contributed by atoms with van der Waals surface area (Å²) in [6.07, 6.45) is 9.43. The fraction of sp³-hybridized carbons (Fsp3) is 0.765. The summed E-state index contributed by atoms with van der Waals surface area (Å²) in [5.41, 5.74) is 0.580. The Bertz CT molecular complexity index is 486. The third-order valence-electron chi connectivity index (χ3n) is 3.91. The van der Waals surface area contributed by atoms with Crippen molar-refractivity contribution in [2.45, 2.75) is 78.0 Å². The SMILES string of the molecule is CC[C@@H](NC(=O)OC(C)(C)C)c1cncn1CCCC1CC1. The van der Waals surface area contributed by atoms with Crippen molar-refractivity contribution in [1.29, 1.82) is 0 Å². The number of rotatable bonds is 7. The van der Waals surface area contributed by atoms with Crippen molar-refractivity contribution >= 4 is 6.09 Å². The van der Waals surface area contributed by atoms with E-state index in [1.807, 2.05) is 33.3 Å². The molecule has 5 heteroatoms. The molecule has 22 heavy (non-hydrogen) atoms. The molecule has 1 aliphatic rings. The average molecular weight is 307 g/mol. The first-order chi connectivity index (χ1) is 10.4. The molecular weight excluding hydrogens is 278 g/mol. The number of ether oxygens (including phenoxy) is 1. The van der Waals surface area contributed by atoms with Crippen molar-refractivity contribution in [3.8, 4) is 0 Å². The van der Waals surface area contributed by atoms with Crippen LogP contribution in [0, 0.1) is 5.92 Å². The van der Waals surface area contributed by atoms with E-state index in [0.717, 1.165) is 24.6 Å². The van der Waals surface area contributed by atoms with Gasteiger partial charge in [-0.15, -0.1) is 0 Å². The fourth-order valence-corrected chi connectivity index (χ4v) is 2.60. The van der Waals surface area contributed by atoms with Crippen LogP contribution in [0.2, 0.25) is 0 Å². The van der Waals surface area contributed by atoms with Crippen LogP contribution in [0.15, 0.2) is 12.5 Å². The second-order valence-corrected chi connectivity index (χ2v) is 7.20. The predicted molar refractivity (Wildman–Crippen MR) is 86.6 cm³/mol. The van der Waals surface area contributed by atoms with Gasteiger partial charge in [0.25, 0.3) is 0 Å². The molecule has 1 N–H and O–H groups in total. The van der Waals surface area contributed by atoms with Gasteiger partial charge in [-0.3, -0.25) is 0 Å². The number of hydrogen-bond acceptors (Lipinski definition) is 3. The highest BCUT2D eigenvalue weighted by atomic mass is 16.6. The second kappa shape index (κ2) is 7.16. The van der Waals surface area contributed by atoms with Gasteiger partial charge in [-0.1, -0.05) is 19.8 Å². The summed E-state index contributed by atoms with van der Waals surface area (Å²) < 4.78 is 7.51. The molecule has 0 spiro atoms. The number of alkyl carbamates (subject to hydrolysis) is 1. The van der Waals surface area contributed by atoms with Crippen LogP contribution in [-0.4, -0.2) is 21.2 Å². The Morgan fingerprint density at radius 3 is 2.82 bits per heavy atom. The molecule has 1 atom stereocenters. The Kier molecular flexibility index (Phi) is 5.48. The number of imidazole rings is 1. The van der Waals surface area contributed by atoms with Crippen LogP contribution in [0.1, 0.15) is 71.5 Å². The molecule has 0 radical (unpaired) electrons. The fourth-order valence-electron chi connectivity index (χ4n) is 2.60. The van der Waals surface area contributed by atoms with Crippen LogP contribution in [0.5, 0.6) is 0 Å². The highest BCUT2D eigenvalue weighted by Gasteiger charge is 2.23. The molecule has 0 saturated heterocycles. The molecular formula is C17H29N3O2. The molecule has 1 aliphatic carbocycles. The van der Waals surface area contributed by atoms with E-state index < -0.39 is 5.60 Å². The zero-order chi connectivity index (χ0) is 16.2. The van der Waals surface area contributed by atoms with Gasteiger partial charge in [0, 0.05) is 6.54 Å².